The molecule has 0 spiro atoms. The average Bonchev–Trinajstić information content (AvgIpc) is 2.62. The van der Waals surface area contributed by atoms with E-state index in [1.54, 1.807) is 12.1 Å². The average molecular weight is 357 g/mol. The van der Waals surface area contributed by atoms with Crippen molar-refractivity contribution in [2.24, 2.45) is 0 Å². The maximum atomic E-state index is 13.8. The summed E-state index contributed by atoms with van der Waals surface area (Å²) < 4.78 is 46.4. The first-order valence-electron chi connectivity index (χ1n) is 7.52. The molecule has 4 nitrogen and oxygen atoms in total. The van der Waals surface area contributed by atoms with Gasteiger partial charge in [-0.3, -0.25) is 4.72 Å². The van der Waals surface area contributed by atoms with Gasteiger partial charge in [0.15, 0.2) is 11.6 Å². The Morgan fingerprint density at radius 3 is 2.28 bits per heavy atom. The predicted octanol–water partition coefficient (Wildman–Crippen LogP) is 4.30. The highest BCUT2D eigenvalue weighted by Gasteiger charge is 2.18. The van der Waals surface area contributed by atoms with Crippen LogP contribution in [-0.4, -0.2) is 15.5 Å². The van der Waals surface area contributed by atoms with E-state index in [-0.39, 0.29) is 10.6 Å². The van der Waals surface area contributed by atoms with Crippen molar-refractivity contribution in [3.63, 3.8) is 0 Å². The van der Waals surface area contributed by atoms with Gasteiger partial charge >= 0.3 is 0 Å². The zero-order chi connectivity index (χ0) is 17.9. The lowest BCUT2D eigenvalue weighted by molar-refractivity contribution is 0.385. The summed E-state index contributed by atoms with van der Waals surface area (Å²) in [6, 6.07) is 20.0. The summed E-state index contributed by atoms with van der Waals surface area (Å²) in [5.41, 5.74) is 2.03. The van der Waals surface area contributed by atoms with E-state index in [0.29, 0.717) is 5.69 Å². The van der Waals surface area contributed by atoms with Crippen molar-refractivity contribution in [2.75, 3.05) is 11.8 Å². The van der Waals surface area contributed by atoms with Gasteiger partial charge in [-0.25, -0.2) is 12.8 Å². The number of methoxy groups -OCH3 is 1. The molecule has 0 radical (unpaired) electrons. The van der Waals surface area contributed by atoms with Crippen LogP contribution in [0, 0.1) is 5.82 Å². The number of benzene rings is 3. The van der Waals surface area contributed by atoms with E-state index < -0.39 is 15.8 Å². The molecule has 6 heteroatoms. The number of ether oxygens (including phenoxy) is 1. The van der Waals surface area contributed by atoms with Crippen LogP contribution in [-0.2, 0) is 10.0 Å². The molecule has 0 aliphatic carbocycles. The molecule has 0 saturated carbocycles. The van der Waals surface area contributed by atoms with Crippen LogP contribution in [0.1, 0.15) is 0 Å². The molecule has 0 fully saturated rings. The molecule has 0 heterocycles. The van der Waals surface area contributed by atoms with Gasteiger partial charge in [0.05, 0.1) is 17.7 Å². The Kier molecular flexibility index (Phi) is 4.72. The van der Waals surface area contributed by atoms with Crippen LogP contribution >= 0.6 is 0 Å². The first-order valence-corrected chi connectivity index (χ1v) is 9.00. The summed E-state index contributed by atoms with van der Waals surface area (Å²) in [5.74, 6) is -0.745. The molecule has 3 aromatic carbocycles. The van der Waals surface area contributed by atoms with Crippen molar-refractivity contribution < 1.29 is 17.5 Å². The standard InChI is InChI=1S/C19H16FNO3S/c1-24-19-12-11-15(13-17(19)20)25(22,23)21-18-10-6-5-9-16(18)14-7-3-2-4-8-14/h2-13,21H,1H3. The maximum absolute atomic E-state index is 13.8. The fourth-order valence-corrected chi connectivity index (χ4v) is 3.55. The summed E-state index contributed by atoms with van der Waals surface area (Å²) in [4.78, 5) is -0.173. The van der Waals surface area contributed by atoms with Crippen molar-refractivity contribution in [3.05, 3.63) is 78.6 Å². The van der Waals surface area contributed by atoms with E-state index in [9.17, 15) is 12.8 Å². The molecule has 0 aromatic heterocycles. The van der Waals surface area contributed by atoms with Crippen LogP contribution < -0.4 is 9.46 Å². The number of rotatable bonds is 5. The number of nitrogens with one attached hydrogen (secondary N) is 1. The van der Waals surface area contributed by atoms with Crippen molar-refractivity contribution in [1.29, 1.82) is 0 Å². The lowest BCUT2D eigenvalue weighted by atomic mass is 10.0. The van der Waals surface area contributed by atoms with Gasteiger partial charge in [-0.1, -0.05) is 48.5 Å². The Hall–Kier alpha value is -2.86. The minimum atomic E-state index is -3.94. The lowest BCUT2D eigenvalue weighted by Crippen LogP contribution is -2.14. The molecule has 3 aromatic rings. The van der Waals surface area contributed by atoms with Crippen LogP contribution in [0.15, 0.2) is 77.7 Å². The SMILES string of the molecule is COc1ccc(S(=O)(=O)Nc2ccccc2-c2ccccc2)cc1F. The molecule has 0 unspecified atom stereocenters. The number of hydrogen-bond donors (Lipinski definition) is 1. The molecular formula is C19H16FNO3S. The van der Waals surface area contributed by atoms with Gasteiger partial charge < -0.3 is 4.74 Å². The van der Waals surface area contributed by atoms with E-state index in [2.05, 4.69) is 4.72 Å². The number of para-hydroxylation sites is 1. The lowest BCUT2D eigenvalue weighted by Gasteiger charge is -2.13. The van der Waals surface area contributed by atoms with Crippen molar-refractivity contribution in [3.8, 4) is 16.9 Å². The van der Waals surface area contributed by atoms with Crippen LogP contribution in [0.4, 0.5) is 10.1 Å². The third-order valence-corrected chi connectivity index (χ3v) is 5.05. The number of anilines is 1. The van der Waals surface area contributed by atoms with E-state index in [1.165, 1.54) is 19.2 Å². The Morgan fingerprint density at radius 1 is 0.920 bits per heavy atom. The smallest absolute Gasteiger partial charge is 0.262 e. The fourth-order valence-electron chi connectivity index (χ4n) is 2.46. The molecule has 0 atom stereocenters. The second-order valence-electron chi connectivity index (χ2n) is 5.31. The molecule has 0 aliphatic rings. The third-order valence-electron chi connectivity index (χ3n) is 3.69. The van der Waals surface area contributed by atoms with Crippen LogP contribution in [0.3, 0.4) is 0 Å². The Bertz CT molecular complexity index is 989. The van der Waals surface area contributed by atoms with Crippen LogP contribution in [0.2, 0.25) is 0 Å². The Balaban J connectivity index is 1.98. The van der Waals surface area contributed by atoms with Crippen LogP contribution in [0.25, 0.3) is 11.1 Å². The van der Waals surface area contributed by atoms with Gasteiger partial charge in [-0.05, 0) is 29.8 Å². The number of sulfonamides is 1. The van der Waals surface area contributed by atoms with Gasteiger partial charge in [0.2, 0.25) is 0 Å². The molecular weight excluding hydrogens is 341 g/mol. The summed E-state index contributed by atoms with van der Waals surface area (Å²) in [6.07, 6.45) is 0. The molecule has 0 bridgehead atoms. The topological polar surface area (TPSA) is 55.4 Å². The summed E-state index contributed by atoms with van der Waals surface area (Å²) in [7, 11) is -2.62. The van der Waals surface area contributed by atoms with Gasteiger partial charge in [0.1, 0.15) is 0 Å². The second kappa shape index (κ2) is 6.94. The summed E-state index contributed by atoms with van der Waals surface area (Å²) in [5, 5.41) is 0. The molecule has 128 valence electrons. The zero-order valence-corrected chi connectivity index (χ0v) is 14.3. The quantitative estimate of drug-likeness (QED) is 0.741. The molecule has 25 heavy (non-hydrogen) atoms. The highest BCUT2D eigenvalue weighted by molar-refractivity contribution is 7.92. The van der Waals surface area contributed by atoms with Crippen molar-refractivity contribution in [1.82, 2.24) is 0 Å². The van der Waals surface area contributed by atoms with Gasteiger partial charge in [0.25, 0.3) is 10.0 Å². The Morgan fingerprint density at radius 2 is 1.60 bits per heavy atom. The predicted molar refractivity (Wildman–Crippen MR) is 95.6 cm³/mol. The fraction of sp³-hybridized carbons (Fsp3) is 0.0526. The van der Waals surface area contributed by atoms with Gasteiger partial charge in [-0.15, -0.1) is 0 Å². The second-order valence-corrected chi connectivity index (χ2v) is 7.00. The zero-order valence-electron chi connectivity index (χ0n) is 13.4. The van der Waals surface area contributed by atoms with E-state index in [1.807, 2.05) is 42.5 Å². The monoisotopic (exact) mass is 357 g/mol. The first-order chi connectivity index (χ1) is 12.0. The highest BCUT2D eigenvalue weighted by Crippen LogP contribution is 2.30. The normalized spacial score (nSPS) is 11.1. The minimum Gasteiger partial charge on any atom is -0.494 e. The highest BCUT2D eigenvalue weighted by atomic mass is 32.2. The molecule has 1 N–H and O–H groups in total. The van der Waals surface area contributed by atoms with E-state index in [4.69, 9.17) is 4.74 Å². The summed E-state index contributed by atoms with van der Waals surface area (Å²) >= 11 is 0. The van der Waals surface area contributed by atoms with Gasteiger partial charge in [-0.2, -0.15) is 0 Å². The van der Waals surface area contributed by atoms with E-state index >= 15 is 0 Å². The number of hydrogen-bond acceptors (Lipinski definition) is 3. The largest absolute Gasteiger partial charge is 0.494 e. The third kappa shape index (κ3) is 3.64. The van der Waals surface area contributed by atoms with Crippen molar-refractivity contribution in [2.45, 2.75) is 4.90 Å². The number of halogens is 1. The molecule has 3 rings (SSSR count). The first kappa shape index (κ1) is 17.0. The van der Waals surface area contributed by atoms with Gasteiger partial charge in [0, 0.05) is 5.56 Å². The maximum Gasteiger partial charge on any atom is 0.262 e. The van der Waals surface area contributed by atoms with Crippen molar-refractivity contribution >= 4 is 15.7 Å². The molecule has 0 saturated heterocycles. The Labute approximate surface area is 146 Å². The minimum absolute atomic E-state index is 0.0105. The van der Waals surface area contributed by atoms with Crippen LogP contribution in [0.5, 0.6) is 5.75 Å². The summed E-state index contributed by atoms with van der Waals surface area (Å²) in [6.45, 7) is 0. The molecule has 0 amide bonds. The van der Waals surface area contributed by atoms with E-state index in [0.717, 1.165) is 17.2 Å². The molecule has 0 aliphatic heterocycles.